The monoisotopic (exact) mass is 374 g/mol. The van der Waals surface area contributed by atoms with Crippen LogP contribution in [0.5, 0.6) is 11.5 Å². The van der Waals surface area contributed by atoms with Gasteiger partial charge in [-0.3, -0.25) is 0 Å². The Kier molecular flexibility index (Phi) is 4.81. The fourth-order valence-electron chi connectivity index (χ4n) is 3.07. The van der Waals surface area contributed by atoms with E-state index in [2.05, 4.69) is 0 Å². The van der Waals surface area contributed by atoms with E-state index in [1.807, 2.05) is 59.3 Å². The second kappa shape index (κ2) is 7.56. The predicted molar refractivity (Wildman–Crippen MR) is 107 cm³/mol. The second-order valence-electron chi connectivity index (χ2n) is 6.27. The van der Waals surface area contributed by atoms with Crippen LogP contribution in [0.15, 0.2) is 78.9 Å². The van der Waals surface area contributed by atoms with Gasteiger partial charge in [-0.15, -0.1) is 0 Å². The predicted octanol–water partition coefficient (Wildman–Crippen LogP) is 5.36. The Morgan fingerprint density at radius 3 is 2.00 bits per heavy atom. The fourth-order valence-corrected chi connectivity index (χ4v) is 3.07. The molecule has 0 fully saturated rings. The van der Waals surface area contributed by atoms with Crippen molar-refractivity contribution in [2.24, 2.45) is 0 Å². The van der Waals surface area contributed by atoms with Gasteiger partial charge in [0.15, 0.2) is 0 Å². The summed E-state index contributed by atoms with van der Waals surface area (Å²) in [5, 5.41) is 4.79. The first-order valence-electron chi connectivity index (χ1n) is 8.83. The molecule has 0 saturated heterocycles. The van der Waals surface area contributed by atoms with Gasteiger partial charge in [-0.1, -0.05) is 24.3 Å². The van der Waals surface area contributed by atoms with E-state index in [1.165, 1.54) is 12.1 Å². The summed E-state index contributed by atoms with van der Waals surface area (Å²) in [6, 6.07) is 23.8. The maximum absolute atomic E-state index is 13.4. The molecule has 4 nitrogen and oxygen atoms in total. The molecule has 0 aliphatic carbocycles. The Balaban J connectivity index is 1.89. The summed E-state index contributed by atoms with van der Waals surface area (Å²) in [6.45, 7) is 0. The Bertz CT molecular complexity index is 1100. The molecule has 0 amide bonds. The molecule has 1 aromatic heterocycles. The topological polar surface area (TPSA) is 36.3 Å². The summed E-state index contributed by atoms with van der Waals surface area (Å²) in [7, 11) is 3.27. The molecule has 4 rings (SSSR count). The van der Waals surface area contributed by atoms with E-state index >= 15 is 0 Å². The zero-order chi connectivity index (χ0) is 19.5. The van der Waals surface area contributed by atoms with Crippen LogP contribution in [-0.4, -0.2) is 24.0 Å². The lowest BCUT2D eigenvalue weighted by molar-refractivity contribution is 0.415. The molecule has 3 aromatic carbocycles. The van der Waals surface area contributed by atoms with Crippen molar-refractivity contribution in [3.63, 3.8) is 0 Å². The summed E-state index contributed by atoms with van der Waals surface area (Å²) in [6.07, 6.45) is 0. The number of ether oxygens (including phenoxy) is 2. The first-order chi connectivity index (χ1) is 13.7. The quantitative estimate of drug-likeness (QED) is 0.472. The molecule has 4 aromatic rings. The maximum Gasteiger partial charge on any atom is 0.123 e. The van der Waals surface area contributed by atoms with Gasteiger partial charge in [0.25, 0.3) is 0 Å². The van der Waals surface area contributed by atoms with E-state index in [1.54, 1.807) is 26.4 Å². The van der Waals surface area contributed by atoms with Crippen LogP contribution < -0.4 is 9.47 Å². The number of hydrogen-bond acceptors (Lipinski definition) is 3. The van der Waals surface area contributed by atoms with Crippen LogP contribution in [0.1, 0.15) is 0 Å². The molecule has 0 atom stereocenters. The van der Waals surface area contributed by atoms with Crippen molar-refractivity contribution in [3.05, 3.63) is 84.7 Å². The van der Waals surface area contributed by atoms with Crippen LogP contribution in [0.4, 0.5) is 4.39 Å². The zero-order valence-corrected chi connectivity index (χ0v) is 15.6. The molecule has 5 heteroatoms. The Morgan fingerprint density at radius 2 is 1.36 bits per heavy atom. The number of benzene rings is 3. The molecule has 0 bridgehead atoms. The van der Waals surface area contributed by atoms with Crippen LogP contribution >= 0.6 is 0 Å². The van der Waals surface area contributed by atoms with E-state index in [-0.39, 0.29) is 5.82 Å². The van der Waals surface area contributed by atoms with Crippen molar-refractivity contribution in [1.82, 2.24) is 9.78 Å². The highest BCUT2D eigenvalue weighted by Gasteiger charge is 2.14. The van der Waals surface area contributed by atoms with Crippen molar-refractivity contribution in [3.8, 4) is 39.7 Å². The van der Waals surface area contributed by atoms with Gasteiger partial charge >= 0.3 is 0 Å². The molecule has 0 N–H and O–H groups in total. The molecule has 0 aliphatic heterocycles. The Hall–Kier alpha value is -3.60. The number of halogens is 1. The van der Waals surface area contributed by atoms with Gasteiger partial charge in [0.1, 0.15) is 17.3 Å². The highest BCUT2D eigenvalue weighted by atomic mass is 19.1. The SMILES string of the molecule is COc1cccc(-c2cc(-c3cccc(OC)c3)n(-c3ccc(F)cc3)n2)c1. The van der Waals surface area contributed by atoms with E-state index in [4.69, 9.17) is 14.6 Å². The molecule has 0 radical (unpaired) electrons. The number of hydrogen-bond donors (Lipinski definition) is 0. The molecular formula is C23H19FN2O2. The second-order valence-corrected chi connectivity index (χ2v) is 6.27. The van der Waals surface area contributed by atoms with Crippen LogP contribution in [0.2, 0.25) is 0 Å². The summed E-state index contributed by atoms with van der Waals surface area (Å²) in [4.78, 5) is 0. The highest BCUT2D eigenvalue weighted by molar-refractivity contribution is 5.72. The minimum atomic E-state index is -0.285. The zero-order valence-electron chi connectivity index (χ0n) is 15.6. The third-order valence-corrected chi connectivity index (χ3v) is 4.51. The van der Waals surface area contributed by atoms with E-state index in [0.717, 1.165) is 39.7 Å². The first-order valence-corrected chi connectivity index (χ1v) is 8.83. The lowest BCUT2D eigenvalue weighted by Crippen LogP contribution is -1.99. The van der Waals surface area contributed by atoms with Gasteiger partial charge in [-0.2, -0.15) is 5.10 Å². The van der Waals surface area contributed by atoms with Crippen LogP contribution in [-0.2, 0) is 0 Å². The van der Waals surface area contributed by atoms with E-state index in [0.29, 0.717) is 0 Å². The summed E-state index contributed by atoms with van der Waals surface area (Å²) in [5.74, 6) is 1.23. The number of nitrogens with zero attached hydrogens (tertiary/aromatic N) is 2. The van der Waals surface area contributed by atoms with Crippen molar-refractivity contribution >= 4 is 0 Å². The maximum atomic E-state index is 13.4. The molecule has 0 spiro atoms. The average Bonchev–Trinajstić information content (AvgIpc) is 3.20. The minimum Gasteiger partial charge on any atom is -0.497 e. The summed E-state index contributed by atoms with van der Waals surface area (Å²) >= 11 is 0. The van der Waals surface area contributed by atoms with Crippen molar-refractivity contribution < 1.29 is 13.9 Å². The van der Waals surface area contributed by atoms with Gasteiger partial charge in [-0.05, 0) is 54.6 Å². The van der Waals surface area contributed by atoms with E-state index in [9.17, 15) is 4.39 Å². The van der Waals surface area contributed by atoms with Gasteiger partial charge in [0, 0.05) is 11.1 Å². The van der Waals surface area contributed by atoms with Gasteiger partial charge in [0.05, 0.1) is 31.3 Å². The third-order valence-electron chi connectivity index (χ3n) is 4.51. The van der Waals surface area contributed by atoms with Crippen molar-refractivity contribution in [2.75, 3.05) is 14.2 Å². The van der Waals surface area contributed by atoms with Gasteiger partial charge in [0.2, 0.25) is 0 Å². The Labute approximate surface area is 162 Å². The summed E-state index contributed by atoms with van der Waals surface area (Å²) in [5.41, 5.74) is 4.33. The van der Waals surface area contributed by atoms with Crippen molar-refractivity contribution in [1.29, 1.82) is 0 Å². The lowest BCUT2D eigenvalue weighted by atomic mass is 10.1. The average molecular weight is 374 g/mol. The fraction of sp³-hybridized carbons (Fsp3) is 0.0870. The van der Waals surface area contributed by atoms with Gasteiger partial charge in [-0.25, -0.2) is 9.07 Å². The number of methoxy groups -OCH3 is 2. The smallest absolute Gasteiger partial charge is 0.123 e. The molecule has 0 saturated carbocycles. The number of aromatic nitrogens is 2. The van der Waals surface area contributed by atoms with Crippen LogP contribution in [0.25, 0.3) is 28.2 Å². The molecule has 140 valence electrons. The number of rotatable bonds is 5. The minimum absolute atomic E-state index is 0.285. The molecule has 0 aliphatic rings. The molecule has 1 heterocycles. The highest BCUT2D eigenvalue weighted by Crippen LogP contribution is 2.31. The first kappa shape index (κ1) is 17.8. The van der Waals surface area contributed by atoms with Gasteiger partial charge < -0.3 is 9.47 Å². The lowest BCUT2D eigenvalue weighted by Gasteiger charge is -2.09. The molecular weight excluding hydrogens is 355 g/mol. The van der Waals surface area contributed by atoms with E-state index < -0.39 is 0 Å². The largest absolute Gasteiger partial charge is 0.497 e. The molecule has 0 unspecified atom stereocenters. The summed E-state index contributed by atoms with van der Waals surface area (Å²) < 4.78 is 25.9. The standard InChI is InChI=1S/C23H19FN2O2/c1-27-20-7-3-5-16(13-20)22-15-23(17-6-4-8-21(14-17)28-2)26(25-22)19-11-9-18(24)10-12-19/h3-15H,1-2H3. The van der Waals surface area contributed by atoms with Crippen LogP contribution in [0.3, 0.4) is 0 Å². The Morgan fingerprint density at radius 1 is 0.750 bits per heavy atom. The molecule has 28 heavy (non-hydrogen) atoms. The van der Waals surface area contributed by atoms with Crippen LogP contribution in [0, 0.1) is 5.82 Å². The third kappa shape index (κ3) is 3.47. The van der Waals surface area contributed by atoms with Crippen molar-refractivity contribution in [2.45, 2.75) is 0 Å². The normalized spacial score (nSPS) is 10.7.